The van der Waals surface area contributed by atoms with Crippen molar-refractivity contribution in [2.24, 2.45) is 5.92 Å². The molecule has 1 aromatic rings. The van der Waals surface area contributed by atoms with Crippen molar-refractivity contribution >= 4 is 15.7 Å². The minimum Gasteiger partial charge on any atom is -0.398 e. The van der Waals surface area contributed by atoms with Crippen LogP contribution < -0.4 is 10.5 Å². The summed E-state index contributed by atoms with van der Waals surface area (Å²) >= 11 is 0. The smallest absolute Gasteiger partial charge is 0.242 e. The molecule has 0 aliphatic carbocycles. The van der Waals surface area contributed by atoms with Gasteiger partial charge in [-0.05, 0) is 56.5 Å². The van der Waals surface area contributed by atoms with Gasteiger partial charge in [-0.2, -0.15) is 0 Å². The SMILES string of the molecule is Cc1ccc(S(=O)(=O)NC2CN3CCC2CC3)c(N)c1. The number of anilines is 1. The average Bonchev–Trinajstić information content (AvgIpc) is 2.39. The Labute approximate surface area is 120 Å². The normalized spacial score (nSPS) is 29.6. The molecule has 3 N–H and O–H groups in total. The van der Waals surface area contributed by atoms with Crippen LogP contribution in [0.5, 0.6) is 0 Å². The molecule has 1 aromatic carbocycles. The van der Waals surface area contributed by atoms with Gasteiger partial charge in [0.15, 0.2) is 0 Å². The molecule has 1 unspecified atom stereocenters. The lowest BCUT2D eigenvalue weighted by Crippen LogP contribution is -2.57. The maximum atomic E-state index is 12.5. The van der Waals surface area contributed by atoms with E-state index in [1.54, 1.807) is 18.2 Å². The molecule has 3 aliphatic heterocycles. The third-order valence-corrected chi connectivity index (χ3v) is 5.98. The van der Waals surface area contributed by atoms with Gasteiger partial charge in [0, 0.05) is 12.6 Å². The minimum absolute atomic E-state index is 0.0169. The Morgan fingerprint density at radius 3 is 2.55 bits per heavy atom. The summed E-state index contributed by atoms with van der Waals surface area (Å²) in [5.74, 6) is 0.460. The van der Waals surface area contributed by atoms with Crippen LogP contribution in [0.3, 0.4) is 0 Å². The van der Waals surface area contributed by atoms with E-state index in [0.717, 1.165) is 38.0 Å². The van der Waals surface area contributed by atoms with Gasteiger partial charge in [0.25, 0.3) is 0 Å². The number of fused-ring (bicyclic) bond motifs is 3. The number of hydrogen-bond donors (Lipinski definition) is 2. The minimum atomic E-state index is -3.53. The second-order valence-corrected chi connectivity index (χ2v) is 7.59. The van der Waals surface area contributed by atoms with Gasteiger partial charge < -0.3 is 10.6 Å². The monoisotopic (exact) mass is 295 g/mol. The standard InChI is InChI=1S/C14H21N3O2S/c1-10-2-3-14(12(15)8-10)20(18,19)16-13-9-17-6-4-11(13)5-7-17/h2-3,8,11,13,16H,4-7,9,15H2,1H3. The van der Waals surface area contributed by atoms with Crippen molar-refractivity contribution in [3.63, 3.8) is 0 Å². The van der Waals surface area contributed by atoms with Gasteiger partial charge in [-0.3, -0.25) is 0 Å². The second kappa shape index (κ2) is 5.02. The van der Waals surface area contributed by atoms with Crippen molar-refractivity contribution in [1.29, 1.82) is 0 Å². The molecule has 4 rings (SSSR count). The fourth-order valence-electron chi connectivity index (χ4n) is 3.27. The summed E-state index contributed by atoms with van der Waals surface area (Å²) in [7, 11) is -3.53. The zero-order valence-corrected chi connectivity index (χ0v) is 12.5. The first kappa shape index (κ1) is 13.9. The van der Waals surface area contributed by atoms with Gasteiger partial charge in [0.05, 0.1) is 5.69 Å². The Morgan fingerprint density at radius 2 is 2.00 bits per heavy atom. The lowest BCUT2D eigenvalue weighted by Gasteiger charge is -2.44. The van der Waals surface area contributed by atoms with E-state index in [4.69, 9.17) is 5.73 Å². The van der Waals surface area contributed by atoms with Crippen LogP contribution in [0.25, 0.3) is 0 Å². The number of benzene rings is 1. The first-order valence-corrected chi connectivity index (χ1v) is 8.55. The highest BCUT2D eigenvalue weighted by Crippen LogP contribution is 2.29. The van der Waals surface area contributed by atoms with Crippen LogP contribution in [-0.4, -0.2) is 39.0 Å². The van der Waals surface area contributed by atoms with Crippen LogP contribution >= 0.6 is 0 Å². The number of nitrogens with zero attached hydrogens (tertiary/aromatic N) is 1. The van der Waals surface area contributed by atoms with Gasteiger partial charge in [-0.25, -0.2) is 13.1 Å². The molecule has 0 amide bonds. The molecular formula is C14H21N3O2S. The molecule has 3 saturated heterocycles. The molecular weight excluding hydrogens is 274 g/mol. The fourth-order valence-corrected chi connectivity index (χ4v) is 4.68. The Hall–Kier alpha value is -1.11. The summed E-state index contributed by atoms with van der Waals surface area (Å²) in [6.07, 6.45) is 2.16. The highest BCUT2D eigenvalue weighted by Gasteiger charge is 2.36. The number of nitrogen functional groups attached to an aromatic ring is 1. The first-order valence-electron chi connectivity index (χ1n) is 7.06. The lowest BCUT2D eigenvalue weighted by atomic mass is 9.85. The molecule has 2 bridgehead atoms. The Balaban J connectivity index is 1.82. The summed E-state index contributed by atoms with van der Waals surface area (Å²) in [6.45, 7) is 4.90. The van der Waals surface area contributed by atoms with E-state index in [1.165, 1.54) is 0 Å². The summed E-state index contributed by atoms with van der Waals surface area (Å²) in [5.41, 5.74) is 7.14. The Bertz CT molecular complexity index is 607. The van der Waals surface area contributed by atoms with Gasteiger partial charge in [-0.15, -0.1) is 0 Å². The van der Waals surface area contributed by atoms with Gasteiger partial charge in [0.1, 0.15) is 4.90 Å². The van der Waals surface area contributed by atoms with Crippen molar-refractivity contribution < 1.29 is 8.42 Å². The number of rotatable bonds is 3. The average molecular weight is 295 g/mol. The van der Waals surface area contributed by atoms with Crippen molar-refractivity contribution in [3.05, 3.63) is 23.8 Å². The third-order valence-electron chi connectivity index (χ3n) is 4.42. The van der Waals surface area contributed by atoms with Crippen molar-refractivity contribution in [1.82, 2.24) is 9.62 Å². The molecule has 0 spiro atoms. The third kappa shape index (κ3) is 2.55. The quantitative estimate of drug-likeness (QED) is 0.814. The molecule has 3 aliphatic rings. The highest BCUT2D eigenvalue weighted by atomic mass is 32.2. The molecule has 110 valence electrons. The molecule has 3 heterocycles. The van der Waals surface area contributed by atoms with Crippen molar-refractivity contribution in [2.75, 3.05) is 25.4 Å². The van der Waals surface area contributed by atoms with E-state index in [1.807, 2.05) is 6.92 Å². The van der Waals surface area contributed by atoms with Gasteiger partial charge in [0.2, 0.25) is 10.0 Å². The van der Waals surface area contributed by atoms with Crippen LogP contribution in [0.15, 0.2) is 23.1 Å². The van der Waals surface area contributed by atoms with Crippen LogP contribution in [-0.2, 0) is 10.0 Å². The Kier molecular flexibility index (Phi) is 3.48. The molecule has 0 radical (unpaired) electrons. The van der Waals surface area contributed by atoms with E-state index in [-0.39, 0.29) is 10.9 Å². The first-order chi connectivity index (χ1) is 9.45. The maximum absolute atomic E-state index is 12.5. The number of hydrogen-bond acceptors (Lipinski definition) is 4. The van der Waals surface area contributed by atoms with E-state index in [2.05, 4.69) is 9.62 Å². The number of aryl methyl sites for hydroxylation is 1. The second-order valence-electron chi connectivity index (χ2n) is 5.91. The summed E-state index contributed by atoms with van der Waals surface area (Å²) in [5, 5.41) is 0. The zero-order valence-electron chi connectivity index (χ0n) is 11.7. The molecule has 1 atom stereocenters. The number of nitrogens with one attached hydrogen (secondary N) is 1. The van der Waals surface area contributed by atoms with Crippen LogP contribution in [0.4, 0.5) is 5.69 Å². The van der Waals surface area contributed by atoms with E-state index in [0.29, 0.717) is 11.6 Å². The fraction of sp³-hybridized carbons (Fsp3) is 0.571. The largest absolute Gasteiger partial charge is 0.398 e. The number of piperidine rings is 3. The molecule has 0 saturated carbocycles. The summed E-state index contributed by atoms with van der Waals surface area (Å²) in [6, 6.07) is 5.09. The summed E-state index contributed by atoms with van der Waals surface area (Å²) < 4.78 is 27.9. The molecule has 0 aromatic heterocycles. The molecule has 6 heteroatoms. The van der Waals surface area contributed by atoms with E-state index in [9.17, 15) is 8.42 Å². The predicted molar refractivity (Wildman–Crippen MR) is 78.9 cm³/mol. The zero-order chi connectivity index (χ0) is 14.3. The number of nitrogens with two attached hydrogens (primary N) is 1. The predicted octanol–water partition coefficient (Wildman–Crippen LogP) is 0.950. The van der Waals surface area contributed by atoms with E-state index < -0.39 is 10.0 Å². The summed E-state index contributed by atoms with van der Waals surface area (Å²) in [4.78, 5) is 2.52. The van der Waals surface area contributed by atoms with Gasteiger partial charge >= 0.3 is 0 Å². The van der Waals surface area contributed by atoms with Crippen LogP contribution in [0.1, 0.15) is 18.4 Å². The molecule has 20 heavy (non-hydrogen) atoms. The topological polar surface area (TPSA) is 75.4 Å². The van der Waals surface area contributed by atoms with Crippen LogP contribution in [0.2, 0.25) is 0 Å². The molecule has 3 fully saturated rings. The van der Waals surface area contributed by atoms with Crippen molar-refractivity contribution in [2.45, 2.75) is 30.7 Å². The number of sulfonamides is 1. The van der Waals surface area contributed by atoms with Gasteiger partial charge in [-0.1, -0.05) is 6.07 Å². The van der Waals surface area contributed by atoms with E-state index >= 15 is 0 Å². The maximum Gasteiger partial charge on any atom is 0.242 e. The van der Waals surface area contributed by atoms with Crippen LogP contribution in [0, 0.1) is 12.8 Å². The molecule has 5 nitrogen and oxygen atoms in total. The lowest BCUT2D eigenvalue weighted by molar-refractivity contribution is 0.0827. The Morgan fingerprint density at radius 1 is 1.30 bits per heavy atom. The van der Waals surface area contributed by atoms with Crippen molar-refractivity contribution in [3.8, 4) is 0 Å². The highest BCUT2D eigenvalue weighted by molar-refractivity contribution is 7.89.